The fourth-order valence-electron chi connectivity index (χ4n) is 2.22. The number of nitrogens with zero attached hydrogens (tertiary/aromatic N) is 1. The van der Waals surface area contributed by atoms with Crippen LogP contribution < -0.4 is 0 Å². The maximum absolute atomic E-state index is 10.6. The number of benzene rings is 2. The smallest absolute Gasteiger partial charge is 0.107 e. The predicted molar refractivity (Wildman–Crippen MR) is 79.9 cm³/mol. The lowest BCUT2D eigenvalue weighted by Crippen LogP contribution is -2.02. The Hall–Kier alpha value is -1.71. The van der Waals surface area contributed by atoms with Crippen LogP contribution in [0.5, 0.6) is 0 Å². The Morgan fingerprint density at radius 3 is 2.47 bits per heavy atom. The van der Waals surface area contributed by atoms with Gasteiger partial charge in [-0.1, -0.05) is 58.4 Å². The summed E-state index contributed by atoms with van der Waals surface area (Å²) in [5.74, 6) is 0. The number of aromatic nitrogens is 1. The molecule has 0 radical (unpaired) electrons. The van der Waals surface area contributed by atoms with Gasteiger partial charge in [-0.15, -0.1) is 0 Å². The van der Waals surface area contributed by atoms with Gasteiger partial charge in [0.2, 0.25) is 0 Å². The molecule has 2 nitrogen and oxygen atoms in total. The monoisotopic (exact) mass is 313 g/mol. The summed E-state index contributed by atoms with van der Waals surface area (Å²) in [4.78, 5) is 4.21. The van der Waals surface area contributed by atoms with Crippen LogP contribution in [0, 0.1) is 0 Å². The van der Waals surface area contributed by atoms with Gasteiger partial charge in [-0.25, -0.2) is 0 Å². The quantitative estimate of drug-likeness (QED) is 0.773. The second kappa shape index (κ2) is 5.11. The molecule has 0 aliphatic carbocycles. The number of pyridine rings is 1. The maximum atomic E-state index is 10.6. The van der Waals surface area contributed by atoms with E-state index in [4.69, 9.17) is 0 Å². The van der Waals surface area contributed by atoms with E-state index >= 15 is 0 Å². The molecule has 0 fully saturated rings. The van der Waals surface area contributed by atoms with Crippen molar-refractivity contribution in [2.75, 3.05) is 0 Å². The molecule has 0 amide bonds. The molecule has 0 saturated heterocycles. The fourth-order valence-corrected chi connectivity index (χ4v) is 2.72. The third-order valence-electron chi connectivity index (χ3n) is 3.19. The van der Waals surface area contributed by atoms with Gasteiger partial charge in [-0.05, 0) is 17.0 Å². The third kappa shape index (κ3) is 2.27. The lowest BCUT2D eigenvalue weighted by molar-refractivity contribution is 0.220. The molecule has 1 aromatic heterocycles. The fraction of sp³-hybridized carbons (Fsp3) is 0.0625. The first-order valence-electron chi connectivity index (χ1n) is 6.02. The molecule has 1 atom stereocenters. The van der Waals surface area contributed by atoms with Gasteiger partial charge in [0.15, 0.2) is 0 Å². The van der Waals surface area contributed by atoms with E-state index in [2.05, 4.69) is 20.9 Å². The Bertz CT molecular complexity index is 721. The van der Waals surface area contributed by atoms with Crippen molar-refractivity contribution in [1.29, 1.82) is 0 Å². The van der Waals surface area contributed by atoms with Crippen LogP contribution in [0.4, 0.5) is 0 Å². The number of rotatable bonds is 2. The zero-order valence-corrected chi connectivity index (χ0v) is 11.7. The highest BCUT2D eigenvalue weighted by molar-refractivity contribution is 9.10. The minimum absolute atomic E-state index is 0.686. The number of hydrogen-bond acceptors (Lipinski definition) is 2. The molecule has 3 aromatic rings. The summed E-state index contributed by atoms with van der Waals surface area (Å²) < 4.78 is 0.899. The molecule has 0 aliphatic heterocycles. The average molecular weight is 314 g/mol. The van der Waals surface area contributed by atoms with E-state index in [1.807, 2.05) is 54.7 Å². The van der Waals surface area contributed by atoms with Gasteiger partial charge in [0.1, 0.15) is 6.10 Å². The summed E-state index contributed by atoms with van der Waals surface area (Å²) in [6.07, 6.45) is 2.85. The first-order chi connectivity index (χ1) is 9.27. The van der Waals surface area contributed by atoms with Gasteiger partial charge in [-0.3, -0.25) is 4.98 Å². The van der Waals surface area contributed by atoms with Crippen molar-refractivity contribution in [1.82, 2.24) is 4.98 Å². The molecule has 19 heavy (non-hydrogen) atoms. The van der Waals surface area contributed by atoms with E-state index in [0.717, 1.165) is 26.4 Å². The highest BCUT2D eigenvalue weighted by atomic mass is 79.9. The molecule has 3 heteroatoms. The highest BCUT2D eigenvalue weighted by Crippen LogP contribution is 2.31. The lowest BCUT2D eigenvalue weighted by Gasteiger charge is -2.15. The van der Waals surface area contributed by atoms with Crippen molar-refractivity contribution in [2.24, 2.45) is 0 Å². The molecule has 0 bridgehead atoms. The van der Waals surface area contributed by atoms with Crippen LogP contribution in [0.2, 0.25) is 0 Å². The van der Waals surface area contributed by atoms with Crippen LogP contribution in [-0.4, -0.2) is 10.1 Å². The van der Waals surface area contributed by atoms with Gasteiger partial charge < -0.3 is 5.11 Å². The van der Waals surface area contributed by atoms with Crippen molar-refractivity contribution < 1.29 is 5.11 Å². The zero-order valence-electron chi connectivity index (χ0n) is 10.1. The van der Waals surface area contributed by atoms with E-state index in [0.29, 0.717) is 0 Å². The van der Waals surface area contributed by atoms with Gasteiger partial charge in [0, 0.05) is 27.8 Å². The Morgan fingerprint density at radius 2 is 1.63 bits per heavy atom. The van der Waals surface area contributed by atoms with Crippen molar-refractivity contribution in [3.05, 3.63) is 76.5 Å². The van der Waals surface area contributed by atoms with Gasteiger partial charge in [0.05, 0.1) is 0 Å². The summed E-state index contributed by atoms with van der Waals surface area (Å²) in [6.45, 7) is 0. The Morgan fingerprint density at radius 1 is 0.895 bits per heavy atom. The molecular formula is C16H12BrNO. The highest BCUT2D eigenvalue weighted by Gasteiger charge is 2.15. The van der Waals surface area contributed by atoms with Gasteiger partial charge in [-0.2, -0.15) is 0 Å². The average Bonchev–Trinajstić information content (AvgIpc) is 2.46. The molecular weight excluding hydrogens is 302 g/mol. The van der Waals surface area contributed by atoms with E-state index in [1.165, 1.54) is 0 Å². The molecule has 1 unspecified atom stereocenters. The summed E-state index contributed by atoms with van der Waals surface area (Å²) in [5, 5.41) is 12.7. The maximum Gasteiger partial charge on any atom is 0.107 e. The normalized spacial score (nSPS) is 12.5. The molecule has 2 aromatic carbocycles. The SMILES string of the molecule is OC(c1ccccc1Br)c1cncc2ccccc12. The molecule has 0 spiro atoms. The topological polar surface area (TPSA) is 33.1 Å². The van der Waals surface area contributed by atoms with E-state index in [1.54, 1.807) is 6.20 Å². The molecule has 94 valence electrons. The minimum atomic E-state index is -0.686. The van der Waals surface area contributed by atoms with E-state index in [-0.39, 0.29) is 0 Å². The van der Waals surface area contributed by atoms with E-state index < -0.39 is 6.10 Å². The Balaban J connectivity index is 2.17. The number of aliphatic hydroxyl groups is 1. The number of fused-ring (bicyclic) bond motifs is 1. The van der Waals surface area contributed by atoms with Crippen LogP contribution in [0.25, 0.3) is 10.8 Å². The van der Waals surface area contributed by atoms with Gasteiger partial charge in [0.25, 0.3) is 0 Å². The molecule has 1 N–H and O–H groups in total. The van der Waals surface area contributed by atoms with Gasteiger partial charge >= 0.3 is 0 Å². The standard InChI is InChI=1S/C16H12BrNO/c17-15-8-4-3-7-13(15)16(19)14-10-18-9-11-5-1-2-6-12(11)14/h1-10,16,19H. The Kier molecular flexibility index (Phi) is 3.32. The van der Waals surface area contributed by atoms with Crippen LogP contribution in [-0.2, 0) is 0 Å². The molecule has 3 rings (SSSR count). The summed E-state index contributed by atoms with van der Waals surface area (Å²) in [5.41, 5.74) is 1.67. The second-order valence-corrected chi connectivity index (χ2v) is 5.23. The van der Waals surface area contributed by atoms with Crippen LogP contribution in [0.1, 0.15) is 17.2 Å². The summed E-state index contributed by atoms with van der Waals surface area (Å²) in [6, 6.07) is 15.6. The number of halogens is 1. The van der Waals surface area contributed by atoms with Crippen LogP contribution in [0.15, 0.2) is 65.4 Å². The van der Waals surface area contributed by atoms with Crippen molar-refractivity contribution >= 4 is 26.7 Å². The second-order valence-electron chi connectivity index (χ2n) is 4.37. The summed E-state index contributed by atoms with van der Waals surface area (Å²) in [7, 11) is 0. The number of aliphatic hydroxyl groups excluding tert-OH is 1. The zero-order chi connectivity index (χ0) is 13.2. The lowest BCUT2D eigenvalue weighted by atomic mass is 9.98. The largest absolute Gasteiger partial charge is 0.384 e. The van der Waals surface area contributed by atoms with Crippen molar-refractivity contribution in [2.45, 2.75) is 6.10 Å². The number of hydrogen-bond donors (Lipinski definition) is 1. The van der Waals surface area contributed by atoms with Crippen molar-refractivity contribution in [3.63, 3.8) is 0 Å². The predicted octanol–water partition coefficient (Wildman–Crippen LogP) is 4.08. The van der Waals surface area contributed by atoms with Crippen molar-refractivity contribution in [3.8, 4) is 0 Å². The first kappa shape index (κ1) is 12.3. The molecule has 0 aliphatic rings. The van der Waals surface area contributed by atoms with Crippen LogP contribution >= 0.6 is 15.9 Å². The minimum Gasteiger partial charge on any atom is -0.384 e. The molecule has 0 saturated carbocycles. The first-order valence-corrected chi connectivity index (χ1v) is 6.82. The summed E-state index contributed by atoms with van der Waals surface area (Å²) >= 11 is 3.48. The third-order valence-corrected chi connectivity index (χ3v) is 3.92. The van der Waals surface area contributed by atoms with Crippen LogP contribution in [0.3, 0.4) is 0 Å². The van der Waals surface area contributed by atoms with E-state index in [9.17, 15) is 5.11 Å². The molecule has 1 heterocycles. The Labute approximate surface area is 119 Å².